The summed E-state index contributed by atoms with van der Waals surface area (Å²) in [5.74, 6) is -14.9. The lowest BCUT2D eigenvalue weighted by Gasteiger charge is -2.32. The molecule has 0 aromatic heterocycles. The maximum atomic E-state index is 13.2. The molecular formula is C11H17F6N. The Labute approximate surface area is 102 Å². The zero-order valence-corrected chi connectivity index (χ0v) is 10.1. The molecule has 108 valence electrons. The molecule has 1 aliphatic rings. The molecule has 1 aliphatic carbocycles. The summed E-state index contributed by atoms with van der Waals surface area (Å²) in [6, 6.07) is -0.286. The van der Waals surface area contributed by atoms with Crippen LogP contribution in [0.1, 0.15) is 39.0 Å². The second-order valence-corrected chi connectivity index (χ2v) is 4.88. The van der Waals surface area contributed by atoms with Crippen LogP contribution in [-0.4, -0.2) is 30.4 Å². The lowest BCUT2D eigenvalue weighted by atomic mass is 9.95. The van der Waals surface area contributed by atoms with E-state index in [1.165, 1.54) is 0 Å². The van der Waals surface area contributed by atoms with Crippen LogP contribution in [0.25, 0.3) is 0 Å². The van der Waals surface area contributed by atoms with Crippen molar-refractivity contribution >= 4 is 0 Å². The first-order chi connectivity index (χ1) is 8.08. The molecule has 0 unspecified atom stereocenters. The van der Waals surface area contributed by atoms with Gasteiger partial charge in [-0.1, -0.05) is 19.3 Å². The number of halogens is 6. The second kappa shape index (κ2) is 5.27. The molecule has 1 N–H and O–H groups in total. The Morgan fingerprint density at radius 1 is 0.944 bits per heavy atom. The molecule has 1 nitrogen and oxygen atoms in total. The van der Waals surface area contributed by atoms with Crippen molar-refractivity contribution in [2.45, 2.75) is 62.8 Å². The fourth-order valence-corrected chi connectivity index (χ4v) is 2.01. The van der Waals surface area contributed by atoms with Gasteiger partial charge in [0.15, 0.2) is 0 Å². The molecule has 0 radical (unpaired) electrons. The number of alkyl halides is 6. The summed E-state index contributed by atoms with van der Waals surface area (Å²) in [5.41, 5.74) is 0. The third-order valence-corrected chi connectivity index (χ3v) is 3.23. The molecule has 0 spiro atoms. The first-order valence-electron chi connectivity index (χ1n) is 5.95. The van der Waals surface area contributed by atoms with Crippen LogP contribution in [0.2, 0.25) is 0 Å². The van der Waals surface area contributed by atoms with Crippen LogP contribution in [-0.2, 0) is 0 Å². The molecular weight excluding hydrogens is 260 g/mol. The van der Waals surface area contributed by atoms with Gasteiger partial charge in [0, 0.05) is 13.0 Å². The molecule has 0 aromatic carbocycles. The molecule has 7 heteroatoms. The molecule has 1 rings (SSSR count). The SMILES string of the molecule is CC(F)(F)C(F)(F)C(F)(F)CNC1CCCCC1. The predicted molar refractivity (Wildman–Crippen MR) is 55.4 cm³/mol. The fourth-order valence-electron chi connectivity index (χ4n) is 2.01. The lowest BCUT2D eigenvalue weighted by molar-refractivity contribution is -0.300. The van der Waals surface area contributed by atoms with Crippen LogP contribution >= 0.6 is 0 Å². The monoisotopic (exact) mass is 277 g/mol. The van der Waals surface area contributed by atoms with Gasteiger partial charge in [0.25, 0.3) is 0 Å². The molecule has 1 fully saturated rings. The summed E-state index contributed by atoms with van der Waals surface area (Å²) in [6.45, 7) is -1.62. The predicted octanol–water partition coefficient (Wildman–Crippen LogP) is 3.83. The lowest BCUT2D eigenvalue weighted by Crippen LogP contribution is -2.57. The molecule has 0 bridgehead atoms. The Hall–Kier alpha value is -0.460. The molecule has 1 saturated carbocycles. The highest BCUT2D eigenvalue weighted by Crippen LogP contribution is 2.45. The summed E-state index contributed by atoms with van der Waals surface area (Å²) in [5, 5.41) is 2.28. The van der Waals surface area contributed by atoms with Gasteiger partial charge in [-0.2, -0.15) is 26.3 Å². The summed E-state index contributed by atoms with van der Waals surface area (Å²) in [7, 11) is 0. The van der Waals surface area contributed by atoms with Gasteiger partial charge >= 0.3 is 17.8 Å². The van der Waals surface area contributed by atoms with E-state index in [2.05, 4.69) is 5.32 Å². The van der Waals surface area contributed by atoms with Crippen molar-refractivity contribution in [1.29, 1.82) is 0 Å². The third kappa shape index (κ3) is 3.30. The summed E-state index contributed by atoms with van der Waals surface area (Å²) < 4.78 is 77.2. The molecule has 0 atom stereocenters. The fraction of sp³-hybridized carbons (Fsp3) is 1.00. The zero-order chi connectivity index (χ0) is 14.0. The quantitative estimate of drug-likeness (QED) is 0.753. The molecule has 18 heavy (non-hydrogen) atoms. The topological polar surface area (TPSA) is 12.0 Å². The minimum absolute atomic E-state index is 0.193. The van der Waals surface area contributed by atoms with Gasteiger partial charge in [0.1, 0.15) is 0 Å². The number of nitrogens with one attached hydrogen (secondary N) is 1. The average Bonchev–Trinajstić information content (AvgIpc) is 2.26. The first-order valence-corrected chi connectivity index (χ1v) is 5.95. The largest absolute Gasteiger partial charge is 0.372 e. The van der Waals surface area contributed by atoms with Crippen molar-refractivity contribution in [2.24, 2.45) is 0 Å². The third-order valence-electron chi connectivity index (χ3n) is 3.23. The van der Waals surface area contributed by atoms with E-state index >= 15 is 0 Å². The number of rotatable bonds is 5. The van der Waals surface area contributed by atoms with Crippen LogP contribution in [0.5, 0.6) is 0 Å². The van der Waals surface area contributed by atoms with E-state index in [-0.39, 0.29) is 13.0 Å². The van der Waals surface area contributed by atoms with E-state index in [1.54, 1.807) is 0 Å². The van der Waals surface area contributed by atoms with Gasteiger partial charge in [-0.3, -0.25) is 0 Å². The Bertz CT molecular complexity index is 267. The van der Waals surface area contributed by atoms with Crippen LogP contribution in [0.4, 0.5) is 26.3 Å². The minimum Gasteiger partial charge on any atom is -0.308 e. The van der Waals surface area contributed by atoms with Gasteiger partial charge in [-0.15, -0.1) is 0 Å². The maximum absolute atomic E-state index is 13.2. The summed E-state index contributed by atoms with van der Waals surface area (Å²) in [6.07, 6.45) is 3.89. The number of hydrogen-bond donors (Lipinski definition) is 1. The van der Waals surface area contributed by atoms with Crippen molar-refractivity contribution in [3.8, 4) is 0 Å². The highest BCUT2D eigenvalue weighted by molar-refractivity contribution is 4.95. The van der Waals surface area contributed by atoms with Crippen LogP contribution in [0.15, 0.2) is 0 Å². The maximum Gasteiger partial charge on any atom is 0.372 e. The Kier molecular flexibility index (Phi) is 4.56. The highest BCUT2D eigenvalue weighted by Gasteiger charge is 2.68. The summed E-state index contributed by atoms with van der Waals surface area (Å²) >= 11 is 0. The van der Waals surface area contributed by atoms with E-state index in [4.69, 9.17) is 0 Å². The summed E-state index contributed by atoms with van der Waals surface area (Å²) in [4.78, 5) is 0. The zero-order valence-electron chi connectivity index (χ0n) is 10.1. The molecule has 0 aromatic rings. The van der Waals surface area contributed by atoms with Crippen molar-refractivity contribution in [3.05, 3.63) is 0 Å². The van der Waals surface area contributed by atoms with E-state index in [1.807, 2.05) is 0 Å². The van der Waals surface area contributed by atoms with Crippen molar-refractivity contribution in [3.63, 3.8) is 0 Å². The van der Waals surface area contributed by atoms with Gasteiger partial charge in [-0.05, 0) is 12.8 Å². The van der Waals surface area contributed by atoms with Crippen LogP contribution in [0, 0.1) is 0 Å². The Morgan fingerprint density at radius 2 is 1.44 bits per heavy atom. The minimum atomic E-state index is -5.35. The van der Waals surface area contributed by atoms with Crippen LogP contribution in [0.3, 0.4) is 0 Å². The van der Waals surface area contributed by atoms with Crippen molar-refractivity contribution in [2.75, 3.05) is 6.54 Å². The second-order valence-electron chi connectivity index (χ2n) is 4.88. The average molecular weight is 277 g/mol. The molecule has 0 aliphatic heterocycles. The van der Waals surface area contributed by atoms with Crippen molar-refractivity contribution in [1.82, 2.24) is 5.32 Å². The smallest absolute Gasteiger partial charge is 0.308 e. The van der Waals surface area contributed by atoms with Gasteiger partial charge in [0.2, 0.25) is 0 Å². The van der Waals surface area contributed by atoms with E-state index < -0.39 is 24.3 Å². The number of hydrogen-bond acceptors (Lipinski definition) is 1. The normalized spacial score (nSPS) is 20.2. The Balaban J connectivity index is 2.58. The van der Waals surface area contributed by atoms with E-state index in [0.717, 1.165) is 19.3 Å². The Morgan fingerprint density at radius 3 is 1.89 bits per heavy atom. The molecule has 0 amide bonds. The molecule has 0 heterocycles. The molecule has 0 saturated heterocycles. The van der Waals surface area contributed by atoms with Gasteiger partial charge < -0.3 is 5.32 Å². The first kappa shape index (κ1) is 15.6. The van der Waals surface area contributed by atoms with Gasteiger partial charge in [-0.25, -0.2) is 0 Å². The highest BCUT2D eigenvalue weighted by atomic mass is 19.3. The van der Waals surface area contributed by atoms with E-state index in [0.29, 0.717) is 12.8 Å². The van der Waals surface area contributed by atoms with Crippen LogP contribution < -0.4 is 5.32 Å². The standard InChI is InChI=1S/C11H17F6N/c1-9(12,13)11(16,17)10(14,15)7-18-8-5-3-2-4-6-8/h8,18H,2-7H2,1H3. The van der Waals surface area contributed by atoms with Crippen molar-refractivity contribution < 1.29 is 26.3 Å². The van der Waals surface area contributed by atoms with Gasteiger partial charge in [0.05, 0.1) is 6.54 Å². The van der Waals surface area contributed by atoms with E-state index in [9.17, 15) is 26.3 Å².